The van der Waals surface area contributed by atoms with Gasteiger partial charge in [-0.1, -0.05) is 6.07 Å². The summed E-state index contributed by atoms with van der Waals surface area (Å²) in [4.78, 5) is 29.4. The van der Waals surface area contributed by atoms with E-state index in [1.54, 1.807) is 11.3 Å². The van der Waals surface area contributed by atoms with Gasteiger partial charge in [0.25, 0.3) is 5.91 Å². The number of thiophene rings is 1. The van der Waals surface area contributed by atoms with Gasteiger partial charge in [-0.25, -0.2) is 0 Å². The fourth-order valence-corrected chi connectivity index (χ4v) is 5.34. The molecule has 1 saturated heterocycles. The van der Waals surface area contributed by atoms with Crippen LogP contribution in [0.1, 0.15) is 32.1 Å². The first-order valence-electron chi connectivity index (χ1n) is 10.3. The van der Waals surface area contributed by atoms with E-state index in [-0.39, 0.29) is 24.5 Å². The van der Waals surface area contributed by atoms with Crippen LogP contribution < -0.4 is 14.8 Å². The smallest absolute Gasteiger partial charge is 0.264 e. The highest BCUT2D eigenvalue weighted by Gasteiger charge is 2.29. The number of amides is 2. The lowest BCUT2D eigenvalue weighted by Gasteiger charge is -2.26. The SMILES string of the molecule is O=C(NCc1ccc2c(c1)OCO2)[C@@H]1CCc2sc(C(=O)N3CCOCC3)cc2C1. The molecule has 2 aromatic rings. The van der Waals surface area contributed by atoms with Crippen molar-refractivity contribution in [2.24, 2.45) is 5.92 Å². The van der Waals surface area contributed by atoms with E-state index in [1.165, 1.54) is 4.88 Å². The Morgan fingerprint density at radius 3 is 2.83 bits per heavy atom. The molecule has 30 heavy (non-hydrogen) atoms. The third-order valence-electron chi connectivity index (χ3n) is 5.87. The Morgan fingerprint density at radius 1 is 1.13 bits per heavy atom. The topological polar surface area (TPSA) is 77.1 Å². The van der Waals surface area contributed by atoms with Crippen molar-refractivity contribution in [1.29, 1.82) is 0 Å². The minimum Gasteiger partial charge on any atom is -0.454 e. The van der Waals surface area contributed by atoms with E-state index >= 15 is 0 Å². The second kappa shape index (κ2) is 8.28. The molecular formula is C22H24N2O5S. The zero-order valence-corrected chi connectivity index (χ0v) is 17.5. The van der Waals surface area contributed by atoms with Gasteiger partial charge in [0.05, 0.1) is 18.1 Å². The summed E-state index contributed by atoms with van der Waals surface area (Å²) in [6, 6.07) is 7.71. The number of rotatable bonds is 4. The van der Waals surface area contributed by atoms with Gasteiger partial charge in [-0.05, 0) is 48.6 Å². The first-order valence-corrected chi connectivity index (χ1v) is 11.1. The van der Waals surface area contributed by atoms with E-state index in [9.17, 15) is 9.59 Å². The van der Waals surface area contributed by atoms with Crippen molar-refractivity contribution in [3.05, 3.63) is 45.1 Å². The fraction of sp³-hybridized carbons (Fsp3) is 0.455. The van der Waals surface area contributed by atoms with E-state index in [0.717, 1.165) is 40.3 Å². The molecule has 2 amide bonds. The Labute approximate surface area is 178 Å². The summed E-state index contributed by atoms with van der Waals surface area (Å²) in [7, 11) is 0. The van der Waals surface area contributed by atoms with Crippen molar-refractivity contribution in [3.63, 3.8) is 0 Å². The molecule has 1 N–H and O–H groups in total. The van der Waals surface area contributed by atoms with Crippen LogP contribution in [-0.2, 0) is 28.9 Å². The molecule has 5 rings (SSSR count). The molecule has 1 aromatic heterocycles. The average molecular weight is 429 g/mol. The molecule has 7 nitrogen and oxygen atoms in total. The first-order chi connectivity index (χ1) is 14.7. The van der Waals surface area contributed by atoms with Crippen LogP contribution in [0, 0.1) is 5.92 Å². The second-order valence-electron chi connectivity index (χ2n) is 7.81. The maximum Gasteiger partial charge on any atom is 0.264 e. The third kappa shape index (κ3) is 3.89. The molecule has 0 spiro atoms. The summed E-state index contributed by atoms with van der Waals surface area (Å²) in [6.45, 7) is 3.19. The molecule has 0 radical (unpaired) electrons. The number of carbonyl (C=O) groups is 2. The molecule has 0 bridgehead atoms. The standard InChI is InChI=1S/C22H24N2O5S/c25-21(23-12-14-1-3-17-18(9-14)29-13-28-17)15-2-4-19-16(10-15)11-20(30-19)22(26)24-5-7-27-8-6-24/h1,3,9,11,15H,2,4-8,10,12-13H2,(H,23,25)/t15-/m1/s1. The molecular weight excluding hydrogens is 404 g/mol. The van der Waals surface area contributed by atoms with Crippen LogP contribution in [-0.4, -0.2) is 49.8 Å². The maximum atomic E-state index is 12.8. The first kappa shape index (κ1) is 19.4. The molecule has 1 aliphatic carbocycles. The largest absolute Gasteiger partial charge is 0.454 e. The van der Waals surface area contributed by atoms with Crippen LogP contribution in [0.5, 0.6) is 11.5 Å². The molecule has 0 unspecified atom stereocenters. The Hall–Kier alpha value is -2.58. The minimum atomic E-state index is -0.0625. The van der Waals surface area contributed by atoms with Crippen molar-refractivity contribution in [3.8, 4) is 11.5 Å². The molecule has 1 atom stereocenters. The summed E-state index contributed by atoms with van der Waals surface area (Å²) < 4.78 is 16.1. The number of benzene rings is 1. The van der Waals surface area contributed by atoms with E-state index in [1.807, 2.05) is 29.2 Å². The third-order valence-corrected chi connectivity index (χ3v) is 7.09. The van der Waals surface area contributed by atoms with Crippen LogP contribution in [0.25, 0.3) is 0 Å². The second-order valence-corrected chi connectivity index (χ2v) is 8.95. The van der Waals surface area contributed by atoms with Crippen LogP contribution in [0.3, 0.4) is 0 Å². The zero-order chi connectivity index (χ0) is 20.5. The van der Waals surface area contributed by atoms with Gasteiger partial charge in [0.2, 0.25) is 12.7 Å². The lowest BCUT2D eigenvalue weighted by Crippen LogP contribution is -2.40. The highest BCUT2D eigenvalue weighted by molar-refractivity contribution is 7.14. The number of hydrogen-bond acceptors (Lipinski definition) is 6. The van der Waals surface area contributed by atoms with Gasteiger partial charge in [0.15, 0.2) is 11.5 Å². The number of nitrogens with zero attached hydrogens (tertiary/aromatic N) is 1. The van der Waals surface area contributed by atoms with Crippen LogP contribution >= 0.6 is 11.3 Å². The molecule has 158 valence electrons. The van der Waals surface area contributed by atoms with Crippen molar-refractivity contribution in [2.45, 2.75) is 25.8 Å². The summed E-state index contributed by atoms with van der Waals surface area (Å²) in [5.41, 5.74) is 2.13. The normalized spacial score (nSPS) is 20.0. The Bertz CT molecular complexity index is 966. The van der Waals surface area contributed by atoms with E-state index in [2.05, 4.69) is 5.32 Å². The zero-order valence-electron chi connectivity index (χ0n) is 16.6. The van der Waals surface area contributed by atoms with Crippen LogP contribution in [0.4, 0.5) is 0 Å². The molecule has 1 fully saturated rings. The number of fused-ring (bicyclic) bond motifs is 2. The highest BCUT2D eigenvalue weighted by atomic mass is 32.1. The van der Waals surface area contributed by atoms with Crippen molar-refractivity contribution >= 4 is 23.2 Å². The van der Waals surface area contributed by atoms with Crippen LogP contribution in [0.15, 0.2) is 24.3 Å². The van der Waals surface area contributed by atoms with Gasteiger partial charge in [0.1, 0.15) is 0 Å². The van der Waals surface area contributed by atoms with E-state index in [4.69, 9.17) is 14.2 Å². The molecule has 8 heteroatoms. The van der Waals surface area contributed by atoms with Crippen molar-refractivity contribution < 1.29 is 23.8 Å². The van der Waals surface area contributed by atoms with Gasteiger partial charge in [0, 0.05) is 30.4 Å². The molecule has 2 aliphatic heterocycles. The monoisotopic (exact) mass is 428 g/mol. The Kier molecular flexibility index (Phi) is 5.35. The quantitative estimate of drug-likeness (QED) is 0.809. The molecule has 0 saturated carbocycles. The van der Waals surface area contributed by atoms with Gasteiger partial charge < -0.3 is 24.4 Å². The predicted molar refractivity (Wildman–Crippen MR) is 111 cm³/mol. The predicted octanol–water partition coefficient (Wildman–Crippen LogP) is 2.37. The number of ether oxygens (including phenoxy) is 3. The lowest BCUT2D eigenvalue weighted by molar-refractivity contribution is -0.125. The average Bonchev–Trinajstić information content (AvgIpc) is 3.43. The molecule has 3 heterocycles. The Morgan fingerprint density at radius 2 is 1.97 bits per heavy atom. The molecule has 1 aromatic carbocycles. The van der Waals surface area contributed by atoms with Gasteiger partial charge in [-0.15, -0.1) is 11.3 Å². The number of nitrogens with one attached hydrogen (secondary N) is 1. The minimum absolute atomic E-state index is 0.0607. The van der Waals surface area contributed by atoms with E-state index in [0.29, 0.717) is 39.3 Å². The van der Waals surface area contributed by atoms with Gasteiger partial charge in [-0.2, -0.15) is 0 Å². The van der Waals surface area contributed by atoms with Crippen molar-refractivity contribution in [1.82, 2.24) is 10.2 Å². The summed E-state index contributed by atoms with van der Waals surface area (Å²) >= 11 is 1.58. The molecule has 3 aliphatic rings. The number of hydrogen-bond donors (Lipinski definition) is 1. The summed E-state index contributed by atoms with van der Waals surface area (Å²) in [5, 5.41) is 3.05. The number of aryl methyl sites for hydroxylation is 1. The fourth-order valence-electron chi connectivity index (χ4n) is 4.16. The Balaban J connectivity index is 1.19. The maximum absolute atomic E-state index is 12.8. The summed E-state index contributed by atoms with van der Waals surface area (Å²) in [6.07, 6.45) is 2.35. The van der Waals surface area contributed by atoms with E-state index < -0.39 is 0 Å². The van der Waals surface area contributed by atoms with Crippen molar-refractivity contribution in [2.75, 3.05) is 33.1 Å². The summed E-state index contributed by atoms with van der Waals surface area (Å²) in [5.74, 6) is 1.55. The van der Waals surface area contributed by atoms with Crippen LogP contribution in [0.2, 0.25) is 0 Å². The number of carbonyl (C=O) groups excluding carboxylic acids is 2. The number of morpholine rings is 1. The van der Waals surface area contributed by atoms with Gasteiger partial charge >= 0.3 is 0 Å². The lowest BCUT2D eigenvalue weighted by atomic mass is 9.87. The van der Waals surface area contributed by atoms with Gasteiger partial charge in [-0.3, -0.25) is 9.59 Å². The highest BCUT2D eigenvalue weighted by Crippen LogP contribution is 2.34.